The number of hydrogen-bond donors (Lipinski definition) is 2. The first-order valence-corrected chi connectivity index (χ1v) is 6.64. The summed E-state index contributed by atoms with van der Waals surface area (Å²) in [6.45, 7) is 10.1. The zero-order valence-corrected chi connectivity index (χ0v) is 11.2. The lowest BCUT2D eigenvalue weighted by molar-refractivity contribution is 0.102. The van der Waals surface area contributed by atoms with Gasteiger partial charge in [-0.05, 0) is 19.3 Å². The maximum Gasteiger partial charge on any atom is 0.0590 e. The van der Waals surface area contributed by atoms with Crippen molar-refractivity contribution in [2.75, 3.05) is 32.9 Å². The lowest BCUT2D eigenvalue weighted by Gasteiger charge is -2.29. The maximum atomic E-state index is 9.38. The topological polar surface area (TPSA) is 41.5 Å². The van der Waals surface area contributed by atoms with Crippen LogP contribution in [0.25, 0.3) is 0 Å². The lowest BCUT2D eigenvalue weighted by atomic mass is 9.83. The number of rotatable bonds is 11. The van der Waals surface area contributed by atoms with Gasteiger partial charge in [-0.2, -0.15) is 0 Å². The molecule has 0 radical (unpaired) electrons. The monoisotopic (exact) mass is 231 g/mol. The molecule has 16 heavy (non-hydrogen) atoms. The first-order chi connectivity index (χ1) is 7.74. The van der Waals surface area contributed by atoms with E-state index < -0.39 is 0 Å². The predicted octanol–water partition coefficient (Wildman–Crippen LogP) is 2.19. The summed E-state index contributed by atoms with van der Waals surface area (Å²) in [5.74, 6) is 0. The fraction of sp³-hybridized carbons (Fsp3) is 1.00. The van der Waals surface area contributed by atoms with E-state index in [1.54, 1.807) is 0 Å². The Bertz CT molecular complexity index is 139. The van der Waals surface area contributed by atoms with Crippen LogP contribution in [0, 0.1) is 5.41 Å². The second-order valence-corrected chi connectivity index (χ2v) is 4.51. The Morgan fingerprint density at radius 3 is 2.31 bits per heavy atom. The average molecular weight is 231 g/mol. The summed E-state index contributed by atoms with van der Waals surface area (Å²) in [6, 6.07) is 0. The van der Waals surface area contributed by atoms with Crippen molar-refractivity contribution in [1.82, 2.24) is 5.32 Å². The minimum absolute atomic E-state index is 0.0589. The Hall–Kier alpha value is -0.120. The lowest BCUT2D eigenvalue weighted by Crippen LogP contribution is -2.37. The van der Waals surface area contributed by atoms with Gasteiger partial charge < -0.3 is 15.2 Å². The number of aliphatic hydroxyl groups is 1. The average Bonchev–Trinajstić information content (AvgIpc) is 2.34. The summed E-state index contributed by atoms with van der Waals surface area (Å²) in [4.78, 5) is 0. The van der Waals surface area contributed by atoms with Crippen LogP contribution < -0.4 is 5.32 Å². The first-order valence-electron chi connectivity index (χ1n) is 6.64. The van der Waals surface area contributed by atoms with Gasteiger partial charge in [0.2, 0.25) is 0 Å². The van der Waals surface area contributed by atoms with E-state index in [-0.39, 0.29) is 12.0 Å². The number of nitrogens with one attached hydrogen (secondary N) is 1. The molecule has 3 heteroatoms. The minimum Gasteiger partial charge on any atom is -0.396 e. The Morgan fingerprint density at radius 2 is 1.81 bits per heavy atom. The van der Waals surface area contributed by atoms with Gasteiger partial charge in [0.25, 0.3) is 0 Å². The van der Waals surface area contributed by atoms with Gasteiger partial charge in [0.15, 0.2) is 0 Å². The molecule has 0 fully saturated rings. The van der Waals surface area contributed by atoms with Crippen molar-refractivity contribution >= 4 is 0 Å². The minimum atomic E-state index is 0.0589. The van der Waals surface area contributed by atoms with Gasteiger partial charge in [-0.3, -0.25) is 0 Å². The first kappa shape index (κ1) is 15.9. The van der Waals surface area contributed by atoms with E-state index in [2.05, 4.69) is 26.1 Å². The summed E-state index contributed by atoms with van der Waals surface area (Å²) < 4.78 is 5.46. The van der Waals surface area contributed by atoms with Crippen LogP contribution in [0.5, 0.6) is 0 Å². The van der Waals surface area contributed by atoms with E-state index in [0.717, 1.165) is 45.6 Å². The van der Waals surface area contributed by atoms with Crippen LogP contribution in [0.2, 0.25) is 0 Å². The molecular weight excluding hydrogens is 202 g/mol. The molecule has 0 bridgehead atoms. The summed E-state index contributed by atoms with van der Waals surface area (Å²) in [7, 11) is 0. The fourth-order valence-electron chi connectivity index (χ4n) is 1.63. The Morgan fingerprint density at radius 1 is 1.12 bits per heavy atom. The third-order valence-corrected chi connectivity index (χ3v) is 3.40. The Balaban J connectivity index is 3.48. The van der Waals surface area contributed by atoms with Crippen LogP contribution in [0.3, 0.4) is 0 Å². The summed E-state index contributed by atoms with van der Waals surface area (Å²) in [5, 5.41) is 12.7. The van der Waals surface area contributed by atoms with E-state index >= 15 is 0 Å². The van der Waals surface area contributed by atoms with Gasteiger partial charge >= 0.3 is 0 Å². The van der Waals surface area contributed by atoms with E-state index in [1.807, 2.05) is 0 Å². The van der Waals surface area contributed by atoms with Crippen molar-refractivity contribution in [2.45, 2.75) is 46.5 Å². The highest BCUT2D eigenvalue weighted by atomic mass is 16.5. The van der Waals surface area contributed by atoms with Crippen LogP contribution in [0.15, 0.2) is 0 Å². The number of aliphatic hydroxyl groups excluding tert-OH is 1. The molecule has 0 saturated heterocycles. The second kappa shape index (κ2) is 10.1. The van der Waals surface area contributed by atoms with Gasteiger partial charge in [-0.1, -0.05) is 27.2 Å². The Labute approximate surface area is 101 Å². The zero-order chi connectivity index (χ0) is 12.3. The molecule has 0 rings (SSSR count). The SMILES string of the molecule is CCCCOCCNCC(CC)(CC)CO. The molecule has 2 N–H and O–H groups in total. The fourth-order valence-corrected chi connectivity index (χ4v) is 1.63. The molecule has 0 atom stereocenters. The van der Waals surface area contributed by atoms with Crippen LogP contribution in [-0.4, -0.2) is 38.0 Å². The van der Waals surface area contributed by atoms with Crippen molar-refractivity contribution in [3.05, 3.63) is 0 Å². The van der Waals surface area contributed by atoms with Gasteiger partial charge in [0, 0.05) is 31.7 Å². The van der Waals surface area contributed by atoms with Crippen molar-refractivity contribution in [3.8, 4) is 0 Å². The summed E-state index contributed by atoms with van der Waals surface area (Å²) >= 11 is 0. The molecule has 98 valence electrons. The maximum absolute atomic E-state index is 9.38. The molecule has 0 aromatic heterocycles. The molecule has 0 aliphatic carbocycles. The third-order valence-electron chi connectivity index (χ3n) is 3.40. The smallest absolute Gasteiger partial charge is 0.0590 e. The van der Waals surface area contributed by atoms with Crippen LogP contribution in [0.4, 0.5) is 0 Å². The highest BCUT2D eigenvalue weighted by Gasteiger charge is 2.24. The van der Waals surface area contributed by atoms with Crippen LogP contribution in [-0.2, 0) is 4.74 Å². The van der Waals surface area contributed by atoms with Gasteiger partial charge in [-0.15, -0.1) is 0 Å². The molecular formula is C13H29NO2. The van der Waals surface area contributed by atoms with Crippen molar-refractivity contribution in [3.63, 3.8) is 0 Å². The molecule has 0 aromatic carbocycles. The Kier molecular flexibility index (Phi) is 9.99. The van der Waals surface area contributed by atoms with Crippen LogP contribution >= 0.6 is 0 Å². The summed E-state index contributed by atoms with van der Waals surface area (Å²) in [5.41, 5.74) is 0.0589. The normalized spacial score (nSPS) is 12.0. The van der Waals surface area contributed by atoms with Crippen molar-refractivity contribution in [1.29, 1.82) is 0 Å². The molecule has 3 nitrogen and oxygen atoms in total. The zero-order valence-electron chi connectivity index (χ0n) is 11.2. The standard InChI is InChI=1S/C13H29NO2/c1-4-7-9-16-10-8-14-11-13(5-2,6-3)12-15/h14-15H,4-12H2,1-3H3. The molecule has 0 saturated carbocycles. The molecule has 0 unspecified atom stereocenters. The van der Waals surface area contributed by atoms with Crippen molar-refractivity contribution < 1.29 is 9.84 Å². The molecule has 0 aliphatic rings. The molecule has 0 aliphatic heterocycles. The quantitative estimate of drug-likeness (QED) is 0.536. The highest BCUT2D eigenvalue weighted by Crippen LogP contribution is 2.24. The highest BCUT2D eigenvalue weighted by molar-refractivity contribution is 4.77. The molecule has 0 aromatic rings. The summed E-state index contributed by atoms with van der Waals surface area (Å²) in [6.07, 6.45) is 4.37. The molecule has 0 amide bonds. The van der Waals surface area contributed by atoms with Gasteiger partial charge in [0.05, 0.1) is 6.61 Å². The second-order valence-electron chi connectivity index (χ2n) is 4.51. The van der Waals surface area contributed by atoms with Gasteiger partial charge in [-0.25, -0.2) is 0 Å². The number of ether oxygens (including phenoxy) is 1. The van der Waals surface area contributed by atoms with E-state index in [9.17, 15) is 5.11 Å². The third kappa shape index (κ3) is 6.46. The number of unbranched alkanes of at least 4 members (excludes halogenated alkanes) is 1. The van der Waals surface area contributed by atoms with E-state index in [1.165, 1.54) is 6.42 Å². The van der Waals surface area contributed by atoms with E-state index in [4.69, 9.17) is 4.74 Å². The van der Waals surface area contributed by atoms with Crippen LogP contribution in [0.1, 0.15) is 46.5 Å². The molecule has 0 heterocycles. The molecule has 0 spiro atoms. The largest absolute Gasteiger partial charge is 0.396 e. The number of hydrogen-bond acceptors (Lipinski definition) is 3. The van der Waals surface area contributed by atoms with Gasteiger partial charge in [0.1, 0.15) is 0 Å². The predicted molar refractivity (Wildman–Crippen MR) is 68.7 cm³/mol. The van der Waals surface area contributed by atoms with Crippen molar-refractivity contribution in [2.24, 2.45) is 5.41 Å². The van der Waals surface area contributed by atoms with E-state index in [0.29, 0.717) is 0 Å².